The van der Waals surface area contributed by atoms with E-state index in [0.717, 1.165) is 21.9 Å². The number of halogens is 1. The van der Waals surface area contributed by atoms with Gasteiger partial charge in [-0.2, -0.15) is 0 Å². The highest BCUT2D eigenvalue weighted by Gasteiger charge is 2.28. The second kappa shape index (κ2) is 3.28. The number of hydrogen-bond acceptors (Lipinski definition) is 2. The SMILES string of the molecule is O=[N+]([O-])c1ccc2cccc3c2c1CC3Br. The molecule has 0 saturated heterocycles. The quantitative estimate of drug-likeness (QED) is 0.453. The molecule has 1 aliphatic rings. The molecule has 0 heterocycles. The summed E-state index contributed by atoms with van der Waals surface area (Å²) in [5.74, 6) is 0. The molecule has 3 rings (SSSR count). The summed E-state index contributed by atoms with van der Waals surface area (Å²) in [5.41, 5.74) is 2.26. The van der Waals surface area contributed by atoms with Crippen molar-refractivity contribution in [3.8, 4) is 0 Å². The van der Waals surface area contributed by atoms with Gasteiger partial charge in [0.25, 0.3) is 5.69 Å². The summed E-state index contributed by atoms with van der Waals surface area (Å²) < 4.78 is 0. The summed E-state index contributed by atoms with van der Waals surface area (Å²) in [5, 5.41) is 13.1. The lowest BCUT2D eigenvalue weighted by molar-refractivity contribution is -0.385. The number of rotatable bonds is 1. The van der Waals surface area contributed by atoms with Crippen molar-refractivity contribution in [3.05, 3.63) is 51.6 Å². The summed E-state index contributed by atoms with van der Waals surface area (Å²) in [6, 6.07) is 9.45. The molecule has 0 saturated carbocycles. The number of alkyl halides is 1. The fourth-order valence-corrected chi connectivity index (χ4v) is 3.11. The molecule has 3 nitrogen and oxygen atoms in total. The van der Waals surface area contributed by atoms with E-state index in [-0.39, 0.29) is 15.4 Å². The van der Waals surface area contributed by atoms with Crippen LogP contribution < -0.4 is 0 Å². The Labute approximate surface area is 100 Å². The highest BCUT2D eigenvalue weighted by Crippen LogP contribution is 2.44. The molecule has 1 atom stereocenters. The molecule has 0 spiro atoms. The van der Waals surface area contributed by atoms with E-state index in [1.165, 1.54) is 0 Å². The van der Waals surface area contributed by atoms with Gasteiger partial charge < -0.3 is 0 Å². The monoisotopic (exact) mass is 277 g/mol. The average Bonchev–Trinajstić information content (AvgIpc) is 2.59. The van der Waals surface area contributed by atoms with Crippen LogP contribution in [0, 0.1) is 10.1 Å². The first-order valence-electron chi connectivity index (χ1n) is 5.01. The fourth-order valence-electron chi connectivity index (χ4n) is 2.40. The molecule has 1 unspecified atom stereocenters. The molecule has 0 amide bonds. The van der Waals surface area contributed by atoms with E-state index >= 15 is 0 Å². The maximum Gasteiger partial charge on any atom is 0.273 e. The van der Waals surface area contributed by atoms with E-state index in [4.69, 9.17) is 0 Å². The zero-order chi connectivity index (χ0) is 11.3. The minimum atomic E-state index is -0.295. The van der Waals surface area contributed by atoms with E-state index in [1.54, 1.807) is 6.07 Å². The van der Waals surface area contributed by atoms with Crippen molar-refractivity contribution in [3.63, 3.8) is 0 Å². The van der Waals surface area contributed by atoms with Crippen molar-refractivity contribution in [2.75, 3.05) is 0 Å². The number of nitro benzene ring substituents is 1. The molecule has 0 aliphatic heterocycles. The van der Waals surface area contributed by atoms with Gasteiger partial charge in [-0.25, -0.2) is 0 Å². The summed E-state index contributed by atoms with van der Waals surface area (Å²) in [4.78, 5) is 10.9. The van der Waals surface area contributed by atoms with Crippen LogP contribution in [0.3, 0.4) is 0 Å². The second-order valence-electron chi connectivity index (χ2n) is 3.94. The molecule has 16 heavy (non-hydrogen) atoms. The third-order valence-corrected chi connectivity index (χ3v) is 3.90. The van der Waals surface area contributed by atoms with Gasteiger partial charge in [-0.05, 0) is 28.8 Å². The Morgan fingerprint density at radius 1 is 1.31 bits per heavy atom. The lowest BCUT2D eigenvalue weighted by Crippen LogP contribution is -1.93. The smallest absolute Gasteiger partial charge is 0.258 e. The van der Waals surface area contributed by atoms with Crippen LogP contribution in [0.5, 0.6) is 0 Å². The van der Waals surface area contributed by atoms with Crippen LogP contribution in [-0.4, -0.2) is 4.92 Å². The molecule has 4 heteroatoms. The molecule has 0 bridgehead atoms. The predicted molar refractivity (Wildman–Crippen MR) is 66.0 cm³/mol. The molecule has 2 aromatic carbocycles. The van der Waals surface area contributed by atoms with Gasteiger partial charge in [0.1, 0.15) is 0 Å². The standard InChI is InChI=1S/C12H8BrNO2/c13-10-6-9-11(14(15)16)5-4-7-2-1-3-8(10)12(7)9/h1-5,10H,6H2. The van der Waals surface area contributed by atoms with Crippen molar-refractivity contribution in [2.45, 2.75) is 11.2 Å². The van der Waals surface area contributed by atoms with Crippen LogP contribution >= 0.6 is 15.9 Å². The Bertz CT molecular complexity index is 609. The highest BCUT2D eigenvalue weighted by atomic mass is 79.9. The summed E-state index contributed by atoms with van der Waals surface area (Å²) >= 11 is 3.57. The van der Waals surface area contributed by atoms with E-state index in [9.17, 15) is 10.1 Å². The van der Waals surface area contributed by atoms with Crippen molar-refractivity contribution in [1.29, 1.82) is 0 Å². The van der Waals surface area contributed by atoms with Crippen molar-refractivity contribution in [1.82, 2.24) is 0 Å². The molecule has 0 N–H and O–H groups in total. The van der Waals surface area contributed by atoms with Gasteiger partial charge >= 0.3 is 0 Å². The van der Waals surface area contributed by atoms with E-state index in [1.807, 2.05) is 24.3 Å². The molecule has 0 aromatic heterocycles. The zero-order valence-electron chi connectivity index (χ0n) is 8.31. The number of hydrogen-bond donors (Lipinski definition) is 0. The van der Waals surface area contributed by atoms with E-state index in [0.29, 0.717) is 6.42 Å². The minimum absolute atomic E-state index is 0.201. The Hall–Kier alpha value is -1.42. The highest BCUT2D eigenvalue weighted by molar-refractivity contribution is 9.09. The van der Waals surface area contributed by atoms with Crippen molar-refractivity contribution in [2.24, 2.45) is 0 Å². The van der Waals surface area contributed by atoms with Gasteiger partial charge in [0.15, 0.2) is 0 Å². The largest absolute Gasteiger partial charge is 0.273 e. The fraction of sp³-hybridized carbons (Fsp3) is 0.167. The van der Waals surface area contributed by atoms with Gasteiger partial charge in [-0.3, -0.25) is 10.1 Å². The van der Waals surface area contributed by atoms with Crippen LogP contribution in [0.2, 0.25) is 0 Å². The van der Waals surface area contributed by atoms with Gasteiger partial charge in [0.2, 0.25) is 0 Å². The topological polar surface area (TPSA) is 43.1 Å². The summed E-state index contributed by atoms with van der Waals surface area (Å²) in [6.07, 6.45) is 0.701. The first-order valence-corrected chi connectivity index (χ1v) is 5.93. The Balaban J connectivity index is 2.44. The normalized spacial score (nSPS) is 17.9. The maximum atomic E-state index is 10.9. The molecule has 1 aliphatic carbocycles. The number of nitrogens with zero attached hydrogens (tertiary/aromatic N) is 1. The third-order valence-electron chi connectivity index (χ3n) is 3.08. The Kier molecular flexibility index (Phi) is 2.01. The van der Waals surface area contributed by atoms with Crippen LogP contribution in [0.25, 0.3) is 10.8 Å². The van der Waals surface area contributed by atoms with Crippen LogP contribution in [0.4, 0.5) is 5.69 Å². The Morgan fingerprint density at radius 3 is 2.88 bits per heavy atom. The first kappa shape index (κ1) is 9.78. The van der Waals surface area contributed by atoms with Gasteiger partial charge in [-0.1, -0.05) is 34.1 Å². The van der Waals surface area contributed by atoms with Gasteiger partial charge in [-0.15, -0.1) is 0 Å². The Morgan fingerprint density at radius 2 is 2.12 bits per heavy atom. The molecule has 80 valence electrons. The molecular formula is C12H8BrNO2. The lowest BCUT2D eigenvalue weighted by Gasteiger charge is -2.02. The summed E-state index contributed by atoms with van der Waals surface area (Å²) in [6.45, 7) is 0. The maximum absolute atomic E-state index is 10.9. The van der Waals surface area contributed by atoms with Crippen molar-refractivity contribution < 1.29 is 4.92 Å². The van der Waals surface area contributed by atoms with Crippen LogP contribution in [0.1, 0.15) is 16.0 Å². The van der Waals surface area contributed by atoms with Gasteiger partial charge in [0, 0.05) is 16.5 Å². The third kappa shape index (κ3) is 1.19. The minimum Gasteiger partial charge on any atom is -0.258 e. The summed E-state index contributed by atoms with van der Waals surface area (Å²) in [7, 11) is 0. The zero-order valence-corrected chi connectivity index (χ0v) is 9.90. The van der Waals surface area contributed by atoms with E-state index in [2.05, 4.69) is 15.9 Å². The van der Waals surface area contributed by atoms with Crippen LogP contribution in [0.15, 0.2) is 30.3 Å². The average molecular weight is 278 g/mol. The van der Waals surface area contributed by atoms with Crippen LogP contribution in [-0.2, 0) is 6.42 Å². The second-order valence-corrected chi connectivity index (χ2v) is 5.04. The van der Waals surface area contributed by atoms with E-state index < -0.39 is 0 Å². The molecular weight excluding hydrogens is 270 g/mol. The number of nitro groups is 1. The first-order chi connectivity index (χ1) is 7.68. The number of benzene rings is 2. The van der Waals surface area contributed by atoms with Crippen molar-refractivity contribution >= 4 is 32.4 Å². The molecule has 0 radical (unpaired) electrons. The molecule has 0 fully saturated rings. The molecule has 2 aromatic rings. The lowest BCUT2D eigenvalue weighted by atomic mass is 10.0. The predicted octanol–water partition coefficient (Wildman–Crippen LogP) is 3.74. The van der Waals surface area contributed by atoms with Gasteiger partial charge in [0.05, 0.1) is 4.92 Å².